The van der Waals surface area contributed by atoms with Crippen molar-refractivity contribution < 1.29 is 19.4 Å². The van der Waals surface area contributed by atoms with E-state index >= 15 is 0 Å². The monoisotopic (exact) mass is 270 g/mol. The van der Waals surface area contributed by atoms with E-state index in [1.807, 2.05) is 4.90 Å². The molecule has 19 heavy (non-hydrogen) atoms. The van der Waals surface area contributed by atoms with Crippen molar-refractivity contribution in [2.75, 3.05) is 26.7 Å². The molecule has 1 heterocycles. The molecule has 2 aliphatic rings. The summed E-state index contributed by atoms with van der Waals surface area (Å²) in [4.78, 5) is 26.4. The first-order valence-electron chi connectivity index (χ1n) is 6.94. The van der Waals surface area contributed by atoms with Gasteiger partial charge in [-0.3, -0.25) is 4.79 Å². The molecule has 0 bridgehead atoms. The van der Waals surface area contributed by atoms with Crippen LogP contribution in [0.5, 0.6) is 0 Å². The van der Waals surface area contributed by atoms with Gasteiger partial charge in [0, 0.05) is 26.6 Å². The zero-order chi connectivity index (χ0) is 13.8. The predicted molar refractivity (Wildman–Crippen MR) is 69.0 cm³/mol. The topological polar surface area (TPSA) is 70.1 Å². The van der Waals surface area contributed by atoms with Crippen LogP contribution in [0.4, 0.5) is 4.79 Å². The fourth-order valence-corrected chi connectivity index (χ4v) is 2.95. The Labute approximate surface area is 113 Å². The molecule has 2 fully saturated rings. The number of morpholine rings is 1. The Bertz CT molecular complexity index is 348. The minimum Gasteiger partial charge on any atom is -0.481 e. The van der Waals surface area contributed by atoms with Gasteiger partial charge in [0.1, 0.15) is 0 Å². The molecule has 1 aliphatic carbocycles. The lowest BCUT2D eigenvalue weighted by molar-refractivity contribution is -0.137. The molecule has 0 aromatic rings. The molecular formula is C13H22N2O4. The van der Waals surface area contributed by atoms with Gasteiger partial charge in [-0.25, -0.2) is 4.79 Å². The lowest BCUT2D eigenvalue weighted by atomic mass is 10.1. The summed E-state index contributed by atoms with van der Waals surface area (Å²) in [6.45, 7) is 1.74. The van der Waals surface area contributed by atoms with E-state index in [1.54, 1.807) is 11.9 Å². The molecule has 6 heteroatoms. The van der Waals surface area contributed by atoms with Crippen LogP contribution in [0.2, 0.25) is 0 Å². The van der Waals surface area contributed by atoms with E-state index < -0.39 is 5.97 Å². The third-order valence-corrected chi connectivity index (χ3v) is 3.94. The van der Waals surface area contributed by atoms with Gasteiger partial charge in [0.05, 0.1) is 18.8 Å². The van der Waals surface area contributed by atoms with Crippen molar-refractivity contribution in [1.29, 1.82) is 0 Å². The number of carbonyl (C=O) groups excluding carboxylic acids is 1. The van der Waals surface area contributed by atoms with Gasteiger partial charge >= 0.3 is 12.0 Å². The van der Waals surface area contributed by atoms with Crippen molar-refractivity contribution in [3.8, 4) is 0 Å². The second kappa shape index (κ2) is 6.23. The number of fused-ring (bicyclic) bond motifs is 1. The fourth-order valence-electron chi connectivity index (χ4n) is 2.95. The summed E-state index contributed by atoms with van der Waals surface area (Å²) in [5.74, 6) is -0.817. The molecule has 2 amide bonds. The van der Waals surface area contributed by atoms with Gasteiger partial charge in [-0.15, -0.1) is 0 Å². The van der Waals surface area contributed by atoms with Crippen LogP contribution < -0.4 is 0 Å². The van der Waals surface area contributed by atoms with Crippen LogP contribution in [0.25, 0.3) is 0 Å². The minimum absolute atomic E-state index is 0.00517. The first-order valence-corrected chi connectivity index (χ1v) is 6.94. The van der Waals surface area contributed by atoms with E-state index in [1.165, 1.54) is 0 Å². The lowest BCUT2D eigenvalue weighted by Crippen LogP contribution is -2.54. The molecule has 0 spiro atoms. The number of ether oxygens (including phenoxy) is 1. The summed E-state index contributed by atoms with van der Waals surface area (Å²) in [5.41, 5.74) is 0. The molecular weight excluding hydrogens is 248 g/mol. The van der Waals surface area contributed by atoms with Crippen molar-refractivity contribution in [3.05, 3.63) is 0 Å². The molecule has 2 rings (SSSR count). The van der Waals surface area contributed by atoms with Gasteiger partial charge in [0.15, 0.2) is 0 Å². The molecule has 1 saturated heterocycles. The molecule has 2 atom stereocenters. The average Bonchev–Trinajstić information content (AvgIpc) is 2.85. The normalized spacial score (nSPS) is 26.1. The standard InChI is InChI=1S/C13H22N2O4/c1-14(7-3-6-12(16)17)13(18)15-8-9-19-11-5-2-4-10(11)15/h10-11H,2-9H2,1H3,(H,16,17). The third kappa shape index (κ3) is 3.37. The summed E-state index contributed by atoms with van der Waals surface area (Å²) in [5, 5.41) is 8.61. The van der Waals surface area contributed by atoms with Crippen LogP contribution in [0.3, 0.4) is 0 Å². The fraction of sp³-hybridized carbons (Fsp3) is 0.846. The number of rotatable bonds is 4. The van der Waals surface area contributed by atoms with Crippen LogP contribution in [0.1, 0.15) is 32.1 Å². The molecule has 1 aliphatic heterocycles. The maximum atomic E-state index is 12.4. The third-order valence-electron chi connectivity index (χ3n) is 3.94. The van der Waals surface area contributed by atoms with Crippen LogP contribution in [-0.4, -0.2) is 65.8 Å². The van der Waals surface area contributed by atoms with E-state index in [0.29, 0.717) is 26.1 Å². The maximum Gasteiger partial charge on any atom is 0.320 e. The predicted octanol–water partition coefficient (Wildman–Crippen LogP) is 1.16. The number of urea groups is 1. The molecule has 1 N–H and O–H groups in total. The number of carboxylic acid groups (broad SMARTS) is 1. The number of nitrogens with zero attached hydrogens (tertiary/aromatic N) is 2. The molecule has 1 saturated carbocycles. The summed E-state index contributed by atoms with van der Waals surface area (Å²) < 4.78 is 5.68. The average molecular weight is 270 g/mol. The zero-order valence-electron chi connectivity index (χ0n) is 11.4. The first-order chi connectivity index (χ1) is 9.09. The molecule has 2 unspecified atom stereocenters. The Hall–Kier alpha value is -1.30. The maximum absolute atomic E-state index is 12.4. The molecule has 0 aromatic heterocycles. The Morgan fingerprint density at radius 1 is 1.42 bits per heavy atom. The van der Waals surface area contributed by atoms with Crippen LogP contribution in [-0.2, 0) is 9.53 Å². The summed E-state index contributed by atoms with van der Waals surface area (Å²) >= 11 is 0. The van der Waals surface area contributed by atoms with Gasteiger partial charge in [-0.2, -0.15) is 0 Å². The smallest absolute Gasteiger partial charge is 0.320 e. The Kier molecular flexibility index (Phi) is 4.63. The first kappa shape index (κ1) is 14.1. The number of amides is 2. The number of aliphatic carboxylic acids is 1. The summed E-state index contributed by atoms with van der Waals surface area (Å²) in [6, 6.07) is 0.216. The highest BCUT2D eigenvalue weighted by Crippen LogP contribution is 2.30. The van der Waals surface area contributed by atoms with Crippen molar-refractivity contribution >= 4 is 12.0 Å². The van der Waals surface area contributed by atoms with E-state index in [-0.39, 0.29) is 24.6 Å². The van der Waals surface area contributed by atoms with Gasteiger partial charge in [-0.1, -0.05) is 0 Å². The van der Waals surface area contributed by atoms with E-state index in [2.05, 4.69) is 0 Å². The summed E-state index contributed by atoms with van der Waals surface area (Å²) in [7, 11) is 1.74. The van der Waals surface area contributed by atoms with Gasteiger partial charge < -0.3 is 19.6 Å². The number of carboxylic acids is 1. The van der Waals surface area contributed by atoms with Crippen molar-refractivity contribution in [1.82, 2.24) is 9.80 Å². The number of hydrogen-bond donors (Lipinski definition) is 1. The molecule has 108 valence electrons. The Balaban J connectivity index is 1.85. The number of carbonyl (C=O) groups is 2. The number of hydrogen-bond acceptors (Lipinski definition) is 3. The van der Waals surface area contributed by atoms with Crippen molar-refractivity contribution in [2.45, 2.75) is 44.2 Å². The van der Waals surface area contributed by atoms with Gasteiger partial charge in [0.25, 0.3) is 0 Å². The van der Waals surface area contributed by atoms with Gasteiger partial charge in [0.2, 0.25) is 0 Å². The Morgan fingerprint density at radius 3 is 2.95 bits per heavy atom. The highest BCUT2D eigenvalue weighted by molar-refractivity contribution is 5.75. The van der Waals surface area contributed by atoms with Crippen LogP contribution in [0, 0.1) is 0 Å². The second-order valence-electron chi connectivity index (χ2n) is 5.30. The van der Waals surface area contributed by atoms with E-state index in [9.17, 15) is 9.59 Å². The van der Waals surface area contributed by atoms with Crippen molar-refractivity contribution in [3.63, 3.8) is 0 Å². The van der Waals surface area contributed by atoms with E-state index in [0.717, 1.165) is 19.3 Å². The summed E-state index contributed by atoms with van der Waals surface area (Å²) in [6.07, 6.45) is 3.96. The Morgan fingerprint density at radius 2 is 2.21 bits per heavy atom. The highest BCUT2D eigenvalue weighted by Gasteiger charge is 2.39. The van der Waals surface area contributed by atoms with Crippen LogP contribution in [0.15, 0.2) is 0 Å². The van der Waals surface area contributed by atoms with E-state index in [4.69, 9.17) is 9.84 Å². The second-order valence-corrected chi connectivity index (χ2v) is 5.30. The van der Waals surface area contributed by atoms with Crippen molar-refractivity contribution in [2.24, 2.45) is 0 Å². The SMILES string of the molecule is CN(CCCC(=O)O)C(=O)N1CCOC2CCCC21. The zero-order valence-corrected chi connectivity index (χ0v) is 11.4. The molecule has 6 nitrogen and oxygen atoms in total. The largest absolute Gasteiger partial charge is 0.481 e. The highest BCUT2D eigenvalue weighted by atomic mass is 16.5. The molecule has 0 radical (unpaired) electrons. The molecule has 0 aromatic carbocycles. The minimum atomic E-state index is -0.817. The lowest BCUT2D eigenvalue weighted by Gasteiger charge is -2.39. The quantitative estimate of drug-likeness (QED) is 0.832. The van der Waals surface area contributed by atoms with Crippen LogP contribution >= 0.6 is 0 Å². The van der Waals surface area contributed by atoms with Gasteiger partial charge in [-0.05, 0) is 25.7 Å².